The zero-order chi connectivity index (χ0) is 19.0. The molecule has 9 heteroatoms. The average Bonchev–Trinajstić information content (AvgIpc) is 3.20. The van der Waals surface area contributed by atoms with Crippen LogP contribution in [-0.2, 0) is 4.79 Å². The predicted octanol–water partition coefficient (Wildman–Crippen LogP) is 1.53. The maximum absolute atomic E-state index is 12.2. The largest absolute Gasteiger partial charge is 0.353 e. The van der Waals surface area contributed by atoms with Crippen molar-refractivity contribution in [2.45, 2.75) is 25.8 Å². The molecular formula is C18H24N6O2S. The number of rotatable bonds is 5. The van der Waals surface area contributed by atoms with Gasteiger partial charge in [0.25, 0.3) is 5.91 Å². The van der Waals surface area contributed by atoms with E-state index in [4.69, 9.17) is 0 Å². The first-order valence-electron chi connectivity index (χ1n) is 9.25. The number of thiophene rings is 1. The summed E-state index contributed by atoms with van der Waals surface area (Å²) in [5.41, 5.74) is -0.784. The highest BCUT2D eigenvalue weighted by Gasteiger charge is 2.43. The standard InChI is InChI=1S/C18H24N6O2S/c1-18(2)16(25)24(17(26)21-18)6-3-5-22-7-9-23(10-8-22)14-13-4-11-27-15(13)20-12-19-14/h4,11-12H,3,5-10H2,1-2H3,(H,21,26). The van der Waals surface area contributed by atoms with Crippen LogP contribution in [0.5, 0.6) is 0 Å². The number of urea groups is 1. The number of amides is 3. The molecule has 0 atom stereocenters. The summed E-state index contributed by atoms with van der Waals surface area (Å²) in [5, 5.41) is 5.90. The van der Waals surface area contributed by atoms with Gasteiger partial charge in [0.15, 0.2) is 0 Å². The molecule has 0 unspecified atom stereocenters. The first kappa shape index (κ1) is 18.1. The number of piperazine rings is 1. The van der Waals surface area contributed by atoms with Crippen LogP contribution < -0.4 is 10.2 Å². The Kier molecular flexibility index (Phi) is 4.73. The molecule has 2 fully saturated rings. The van der Waals surface area contributed by atoms with E-state index in [0.29, 0.717) is 6.54 Å². The van der Waals surface area contributed by atoms with Crippen LogP contribution in [0.3, 0.4) is 0 Å². The first-order valence-corrected chi connectivity index (χ1v) is 10.1. The van der Waals surface area contributed by atoms with Crippen LogP contribution in [-0.4, -0.2) is 76.5 Å². The smallest absolute Gasteiger partial charge is 0.325 e. The van der Waals surface area contributed by atoms with E-state index < -0.39 is 5.54 Å². The lowest BCUT2D eigenvalue weighted by molar-refractivity contribution is -0.130. The highest BCUT2D eigenvalue weighted by atomic mass is 32.1. The number of nitrogens with one attached hydrogen (secondary N) is 1. The molecule has 4 heterocycles. The highest BCUT2D eigenvalue weighted by molar-refractivity contribution is 7.16. The quantitative estimate of drug-likeness (QED) is 0.783. The lowest BCUT2D eigenvalue weighted by atomic mass is 10.1. The fraction of sp³-hybridized carbons (Fsp3) is 0.556. The van der Waals surface area contributed by atoms with Gasteiger partial charge in [0.05, 0.1) is 5.39 Å². The van der Waals surface area contributed by atoms with Gasteiger partial charge in [-0.2, -0.15) is 0 Å². The van der Waals surface area contributed by atoms with Gasteiger partial charge in [0.1, 0.15) is 22.5 Å². The summed E-state index contributed by atoms with van der Waals surface area (Å²) in [5.74, 6) is 0.878. The molecule has 0 aliphatic carbocycles. The van der Waals surface area contributed by atoms with Crippen molar-refractivity contribution in [3.63, 3.8) is 0 Å². The molecule has 2 saturated heterocycles. The van der Waals surface area contributed by atoms with E-state index in [-0.39, 0.29) is 11.9 Å². The van der Waals surface area contributed by atoms with Gasteiger partial charge < -0.3 is 10.2 Å². The zero-order valence-corrected chi connectivity index (χ0v) is 16.5. The number of anilines is 1. The summed E-state index contributed by atoms with van der Waals surface area (Å²) in [4.78, 5) is 40.0. The first-order chi connectivity index (χ1) is 13.0. The number of hydrogen-bond donors (Lipinski definition) is 1. The van der Waals surface area contributed by atoms with Crippen LogP contribution in [0, 0.1) is 0 Å². The van der Waals surface area contributed by atoms with Crippen LogP contribution in [0.1, 0.15) is 20.3 Å². The van der Waals surface area contributed by atoms with E-state index in [1.54, 1.807) is 31.5 Å². The van der Waals surface area contributed by atoms with Gasteiger partial charge in [0.2, 0.25) is 0 Å². The van der Waals surface area contributed by atoms with E-state index in [1.165, 1.54) is 4.90 Å². The minimum atomic E-state index is -0.784. The van der Waals surface area contributed by atoms with Crippen LogP contribution >= 0.6 is 11.3 Å². The number of nitrogens with zero attached hydrogens (tertiary/aromatic N) is 5. The fourth-order valence-corrected chi connectivity index (χ4v) is 4.41. The van der Waals surface area contributed by atoms with E-state index in [9.17, 15) is 9.59 Å². The van der Waals surface area contributed by atoms with Crippen molar-refractivity contribution in [2.24, 2.45) is 0 Å². The summed E-state index contributed by atoms with van der Waals surface area (Å²) in [7, 11) is 0. The number of fused-ring (bicyclic) bond motifs is 1. The molecule has 0 aromatic carbocycles. The average molecular weight is 388 g/mol. The second-order valence-electron chi connectivity index (χ2n) is 7.53. The molecule has 8 nitrogen and oxygen atoms in total. The Hall–Kier alpha value is -2.26. The van der Waals surface area contributed by atoms with Crippen LogP contribution in [0.25, 0.3) is 10.2 Å². The van der Waals surface area contributed by atoms with Crippen molar-refractivity contribution < 1.29 is 9.59 Å². The number of hydrogen-bond acceptors (Lipinski definition) is 7. The minimum absolute atomic E-state index is 0.138. The Bertz CT molecular complexity index is 858. The van der Waals surface area contributed by atoms with Crippen LogP contribution in [0.4, 0.5) is 10.6 Å². The third-order valence-corrected chi connectivity index (χ3v) is 6.03. The monoisotopic (exact) mass is 388 g/mol. The van der Waals surface area contributed by atoms with Gasteiger partial charge in [-0.1, -0.05) is 0 Å². The SMILES string of the molecule is CC1(C)NC(=O)N(CCCN2CCN(c3ncnc4sccc34)CC2)C1=O. The lowest BCUT2D eigenvalue weighted by Gasteiger charge is -2.35. The fourth-order valence-electron chi connectivity index (χ4n) is 3.69. The molecule has 0 saturated carbocycles. The van der Waals surface area contributed by atoms with Crippen LogP contribution in [0.15, 0.2) is 17.8 Å². The Morgan fingerprint density at radius 3 is 2.63 bits per heavy atom. The van der Waals surface area contributed by atoms with Crippen molar-refractivity contribution in [2.75, 3.05) is 44.2 Å². The lowest BCUT2D eigenvalue weighted by Crippen LogP contribution is -2.47. The highest BCUT2D eigenvalue weighted by Crippen LogP contribution is 2.27. The second kappa shape index (κ2) is 7.05. The number of imide groups is 1. The van der Waals surface area contributed by atoms with Gasteiger partial charge in [-0.15, -0.1) is 11.3 Å². The maximum Gasteiger partial charge on any atom is 0.325 e. The maximum atomic E-state index is 12.2. The van der Waals surface area contributed by atoms with Gasteiger partial charge >= 0.3 is 6.03 Å². The molecule has 144 valence electrons. The third-order valence-electron chi connectivity index (χ3n) is 5.21. The molecule has 0 bridgehead atoms. The Labute approximate surface area is 162 Å². The molecule has 0 radical (unpaired) electrons. The summed E-state index contributed by atoms with van der Waals surface area (Å²) in [6.07, 6.45) is 2.43. The number of carbonyl (C=O) groups is 2. The summed E-state index contributed by atoms with van der Waals surface area (Å²) in [6.45, 7) is 8.55. The third kappa shape index (κ3) is 3.49. The molecule has 3 amide bonds. The molecule has 2 aromatic heterocycles. The second-order valence-corrected chi connectivity index (χ2v) is 8.43. The zero-order valence-electron chi connectivity index (χ0n) is 15.6. The molecule has 1 N–H and O–H groups in total. The summed E-state index contributed by atoms with van der Waals surface area (Å²) < 4.78 is 0. The van der Waals surface area contributed by atoms with Crippen LogP contribution in [0.2, 0.25) is 0 Å². The Morgan fingerprint density at radius 1 is 1.15 bits per heavy atom. The van der Waals surface area contributed by atoms with E-state index in [0.717, 1.165) is 55.2 Å². The van der Waals surface area contributed by atoms with Gasteiger partial charge in [-0.05, 0) is 38.3 Å². The van der Waals surface area contributed by atoms with Crippen molar-refractivity contribution in [1.29, 1.82) is 0 Å². The van der Waals surface area contributed by atoms with Crippen molar-refractivity contribution >= 4 is 39.3 Å². The molecule has 4 rings (SSSR count). The normalized spacial score (nSPS) is 20.5. The molecular weight excluding hydrogens is 364 g/mol. The molecule has 2 aliphatic heterocycles. The van der Waals surface area contributed by atoms with Gasteiger partial charge in [-0.3, -0.25) is 14.6 Å². The Balaban J connectivity index is 1.27. The van der Waals surface area contributed by atoms with E-state index in [1.807, 2.05) is 0 Å². The predicted molar refractivity (Wildman–Crippen MR) is 105 cm³/mol. The van der Waals surface area contributed by atoms with Gasteiger partial charge in [0, 0.05) is 32.7 Å². The van der Waals surface area contributed by atoms with Crippen molar-refractivity contribution in [3.8, 4) is 0 Å². The van der Waals surface area contributed by atoms with Crippen molar-refractivity contribution in [1.82, 2.24) is 25.1 Å². The molecule has 2 aliphatic rings. The molecule has 0 spiro atoms. The van der Waals surface area contributed by atoms with E-state index >= 15 is 0 Å². The summed E-state index contributed by atoms with van der Waals surface area (Å²) in [6, 6.07) is 1.81. The molecule has 27 heavy (non-hydrogen) atoms. The number of aromatic nitrogens is 2. The van der Waals surface area contributed by atoms with Gasteiger partial charge in [-0.25, -0.2) is 14.8 Å². The summed E-state index contributed by atoms with van der Waals surface area (Å²) >= 11 is 1.64. The number of carbonyl (C=O) groups excluding carboxylic acids is 2. The Morgan fingerprint density at radius 2 is 1.93 bits per heavy atom. The van der Waals surface area contributed by atoms with E-state index in [2.05, 4.69) is 36.5 Å². The van der Waals surface area contributed by atoms with Crippen molar-refractivity contribution in [3.05, 3.63) is 17.8 Å². The minimum Gasteiger partial charge on any atom is -0.353 e. The topological polar surface area (TPSA) is 81.7 Å². The molecule has 2 aromatic rings.